The van der Waals surface area contributed by atoms with Gasteiger partial charge in [-0.1, -0.05) is 0 Å². The van der Waals surface area contributed by atoms with Crippen LogP contribution in [-0.4, -0.2) is 27.5 Å². The van der Waals surface area contributed by atoms with Crippen LogP contribution in [0.4, 0.5) is 0 Å². The summed E-state index contributed by atoms with van der Waals surface area (Å²) in [7, 11) is 6.07. The third-order valence-corrected chi connectivity index (χ3v) is 0.595. The predicted octanol–water partition coefficient (Wildman–Crippen LogP) is -1.66. The summed E-state index contributed by atoms with van der Waals surface area (Å²) >= 11 is 0. The van der Waals surface area contributed by atoms with Crippen molar-refractivity contribution in [2.24, 2.45) is 0 Å². The maximum absolute atomic E-state index is 10.3. The van der Waals surface area contributed by atoms with E-state index in [0.717, 1.165) is 0 Å². The molecular formula is C3H7BN2O2. The zero-order valence-electron chi connectivity index (χ0n) is 4.60. The van der Waals surface area contributed by atoms with Gasteiger partial charge < -0.3 is 10.1 Å². The maximum Gasteiger partial charge on any atom is 0.316 e. The lowest BCUT2D eigenvalue weighted by atomic mass is 10.6. The van der Waals surface area contributed by atoms with Crippen LogP contribution in [0.25, 0.3) is 0 Å². The molecule has 4 nitrogen and oxygen atoms in total. The third-order valence-electron chi connectivity index (χ3n) is 0.595. The van der Waals surface area contributed by atoms with Gasteiger partial charge in [0.1, 0.15) is 0 Å². The second-order valence-corrected chi connectivity index (χ2v) is 1.11. The van der Waals surface area contributed by atoms with E-state index in [9.17, 15) is 4.79 Å². The molecule has 0 saturated heterocycles. The van der Waals surface area contributed by atoms with E-state index in [1.165, 1.54) is 7.05 Å². The molecule has 0 unspecified atom stereocenters. The van der Waals surface area contributed by atoms with Gasteiger partial charge in [0.25, 0.3) is 0 Å². The van der Waals surface area contributed by atoms with Crippen molar-refractivity contribution in [3.05, 3.63) is 0 Å². The highest BCUT2D eigenvalue weighted by atomic mass is 16.6. The summed E-state index contributed by atoms with van der Waals surface area (Å²) in [4.78, 5) is 10.3. The second kappa shape index (κ2) is 4.61. The molecule has 0 bridgehead atoms. The summed E-state index contributed by atoms with van der Waals surface area (Å²) in [5, 5.41) is 2.36. The number of hydrogen-bond donors (Lipinski definition) is 2. The molecule has 0 aliphatic carbocycles. The molecule has 0 aromatic carbocycles. The van der Waals surface area contributed by atoms with Gasteiger partial charge in [0, 0.05) is 7.05 Å². The standard InChI is InChI=1S/C3H7BN2O2/c1-5-3(7)2-6-8-4/h6H,2H2,1H3,(H,5,7). The molecule has 0 aromatic heterocycles. The molecule has 0 spiro atoms. The van der Waals surface area contributed by atoms with Crippen LogP contribution in [0.3, 0.4) is 0 Å². The Bertz CT molecular complexity index is 77.7. The van der Waals surface area contributed by atoms with E-state index in [-0.39, 0.29) is 12.5 Å². The average Bonchev–Trinajstić information content (AvgIpc) is 1.83. The normalized spacial score (nSPS) is 8.62. The second-order valence-electron chi connectivity index (χ2n) is 1.11. The van der Waals surface area contributed by atoms with Gasteiger partial charge in [-0.05, 0) is 0 Å². The van der Waals surface area contributed by atoms with Gasteiger partial charge in [-0.15, -0.1) is 0 Å². The van der Waals surface area contributed by atoms with Crippen molar-refractivity contribution >= 4 is 14.0 Å². The highest BCUT2D eigenvalue weighted by Crippen LogP contribution is 1.57. The zero-order valence-corrected chi connectivity index (χ0v) is 4.60. The number of carbonyl (C=O) groups excluding carboxylic acids is 1. The smallest absolute Gasteiger partial charge is 0.316 e. The lowest BCUT2D eigenvalue weighted by Crippen LogP contribution is -2.30. The van der Waals surface area contributed by atoms with Crippen molar-refractivity contribution in [3.8, 4) is 0 Å². The summed E-state index contributed by atoms with van der Waals surface area (Å²) < 4.78 is 3.90. The number of rotatable bonds is 3. The molecule has 2 radical (unpaired) electrons. The molecular weight excluding hydrogens is 107 g/mol. The van der Waals surface area contributed by atoms with E-state index in [4.69, 9.17) is 0 Å². The van der Waals surface area contributed by atoms with E-state index in [1.807, 2.05) is 0 Å². The first kappa shape index (κ1) is 7.45. The Morgan fingerprint density at radius 3 is 2.88 bits per heavy atom. The Hall–Kier alpha value is -0.545. The van der Waals surface area contributed by atoms with Crippen LogP contribution in [0.1, 0.15) is 0 Å². The molecule has 0 aromatic rings. The average molecular weight is 114 g/mol. The van der Waals surface area contributed by atoms with Crippen LogP contribution in [0.2, 0.25) is 0 Å². The van der Waals surface area contributed by atoms with Gasteiger partial charge >= 0.3 is 8.05 Å². The molecule has 0 aliphatic rings. The number of amides is 1. The first-order valence-electron chi connectivity index (χ1n) is 2.10. The highest BCUT2D eigenvalue weighted by molar-refractivity contribution is 5.97. The minimum absolute atomic E-state index is 0.0764. The molecule has 0 rings (SSSR count). The molecule has 5 heteroatoms. The van der Waals surface area contributed by atoms with Crippen LogP contribution in [0, 0.1) is 0 Å². The lowest BCUT2D eigenvalue weighted by molar-refractivity contribution is -0.120. The van der Waals surface area contributed by atoms with Gasteiger partial charge in [0.05, 0.1) is 6.54 Å². The van der Waals surface area contributed by atoms with Crippen molar-refractivity contribution < 1.29 is 9.55 Å². The van der Waals surface area contributed by atoms with Gasteiger partial charge in [-0.2, -0.15) is 0 Å². The van der Waals surface area contributed by atoms with E-state index < -0.39 is 0 Å². The van der Waals surface area contributed by atoms with Crippen molar-refractivity contribution in [1.82, 2.24) is 10.8 Å². The summed E-state index contributed by atoms with van der Waals surface area (Å²) in [6, 6.07) is 0. The number of likely N-dealkylation sites (N-methyl/N-ethyl adjacent to an activating group) is 1. The minimum Gasteiger partial charge on any atom is -0.376 e. The Morgan fingerprint density at radius 1 is 1.88 bits per heavy atom. The van der Waals surface area contributed by atoms with Crippen LogP contribution >= 0.6 is 0 Å². The van der Waals surface area contributed by atoms with Crippen LogP contribution in [0.5, 0.6) is 0 Å². The fraction of sp³-hybridized carbons (Fsp3) is 0.667. The molecule has 8 heavy (non-hydrogen) atoms. The van der Waals surface area contributed by atoms with Gasteiger partial charge in [0.2, 0.25) is 5.91 Å². The first-order valence-corrected chi connectivity index (χ1v) is 2.10. The molecule has 0 atom stereocenters. The topological polar surface area (TPSA) is 50.4 Å². The molecule has 1 amide bonds. The molecule has 2 N–H and O–H groups in total. The van der Waals surface area contributed by atoms with Crippen LogP contribution in [0.15, 0.2) is 0 Å². The third kappa shape index (κ3) is 3.64. The summed E-state index contributed by atoms with van der Waals surface area (Å²) in [6.45, 7) is 0.0764. The molecule has 0 fully saturated rings. The maximum atomic E-state index is 10.3. The van der Waals surface area contributed by atoms with E-state index in [0.29, 0.717) is 0 Å². The molecule has 0 heterocycles. The van der Waals surface area contributed by atoms with Crippen LogP contribution in [-0.2, 0) is 9.55 Å². The van der Waals surface area contributed by atoms with Gasteiger partial charge in [0.15, 0.2) is 0 Å². The summed E-state index contributed by atoms with van der Waals surface area (Å²) in [6.07, 6.45) is 0. The molecule has 44 valence electrons. The van der Waals surface area contributed by atoms with E-state index >= 15 is 0 Å². The number of nitrogens with one attached hydrogen (secondary N) is 2. The van der Waals surface area contributed by atoms with Gasteiger partial charge in [-0.3, -0.25) is 4.79 Å². The van der Waals surface area contributed by atoms with Crippen molar-refractivity contribution in [2.75, 3.05) is 13.6 Å². The summed E-state index contributed by atoms with van der Waals surface area (Å²) in [5.74, 6) is -0.171. The number of carbonyl (C=O) groups is 1. The SMILES string of the molecule is [B]ONCC(=O)NC. The van der Waals surface area contributed by atoms with Crippen molar-refractivity contribution in [3.63, 3.8) is 0 Å². The minimum atomic E-state index is -0.171. The highest BCUT2D eigenvalue weighted by Gasteiger charge is 1.91. The van der Waals surface area contributed by atoms with Gasteiger partial charge in [-0.25, -0.2) is 5.48 Å². The Balaban J connectivity index is 2.99. The van der Waals surface area contributed by atoms with Crippen LogP contribution < -0.4 is 10.8 Å². The summed E-state index contributed by atoms with van der Waals surface area (Å²) in [5.41, 5.74) is 2.16. The monoisotopic (exact) mass is 114 g/mol. The quantitative estimate of drug-likeness (QED) is 0.341. The van der Waals surface area contributed by atoms with Crippen molar-refractivity contribution in [2.45, 2.75) is 0 Å². The van der Waals surface area contributed by atoms with Crippen molar-refractivity contribution in [1.29, 1.82) is 0 Å². The first-order chi connectivity index (χ1) is 3.81. The largest absolute Gasteiger partial charge is 0.376 e. The molecule has 0 saturated carbocycles. The predicted molar refractivity (Wildman–Crippen MR) is 28.9 cm³/mol. The lowest BCUT2D eigenvalue weighted by Gasteiger charge is -1.98. The fourth-order valence-corrected chi connectivity index (χ4v) is 0.196. The zero-order chi connectivity index (χ0) is 6.41. The number of hydroxylamine groups is 1. The fourth-order valence-electron chi connectivity index (χ4n) is 0.196. The van der Waals surface area contributed by atoms with E-state index in [1.54, 1.807) is 0 Å². The molecule has 0 aliphatic heterocycles. The number of hydrogen-bond acceptors (Lipinski definition) is 3. The van der Waals surface area contributed by atoms with E-state index in [2.05, 4.69) is 23.6 Å². The Morgan fingerprint density at radius 2 is 2.50 bits per heavy atom. The Labute approximate surface area is 49.0 Å². The Kier molecular flexibility index (Phi) is 4.30.